The summed E-state index contributed by atoms with van der Waals surface area (Å²) in [5.41, 5.74) is 0.377. The first-order valence-electron chi connectivity index (χ1n) is 6.83. The van der Waals surface area contributed by atoms with E-state index in [0.29, 0.717) is 18.0 Å². The molecule has 1 aromatic carbocycles. The van der Waals surface area contributed by atoms with Gasteiger partial charge in [0.15, 0.2) is 9.84 Å². The van der Waals surface area contributed by atoms with Gasteiger partial charge in [-0.2, -0.15) is 5.26 Å². The molecule has 0 aromatic heterocycles. The van der Waals surface area contributed by atoms with E-state index in [9.17, 15) is 8.42 Å². The monoisotopic (exact) mass is 292 g/mol. The quantitative estimate of drug-likeness (QED) is 0.872. The van der Waals surface area contributed by atoms with E-state index in [1.54, 1.807) is 18.2 Å². The molecule has 2 rings (SSSR count). The minimum atomic E-state index is -3.33. The lowest BCUT2D eigenvalue weighted by molar-refractivity contribution is 0.350. The summed E-state index contributed by atoms with van der Waals surface area (Å²) >= 11 is 0. The lowest BCUT2D eigenvalue weighted by atomic mass is 9.99. The highest BCUT2D eigenvalue weighted by molar-refractivity contribution is 7.91. The van der Waals surface area contributed by atoms with Gasteiger partial charge in [0.2, 0.25) is 0 Å². The van der Waals surface area contributed by atoms with Crippen LogP contribution in [-0.4, -0.2) is 26.3 Å². The molecule has 4 nitrogen and oxygen atoms in total. The number of benzene rings is 1. The predicted molar refractivity (Wildman–Crippen MR) is 78.0 cm³/mol. The van der Waals surface area contributed by atoms with Crippen molar-refractivity contribution in [2.75, 3.05) is 12.3 Å². The Morgan fingerprint density at radius 3 is 2.70 bits per heavy atom. The lowest BCUT2D eigenvalue weighted by Gasteiger charge is -2.26. The second-order valence-electron chi connectivity index (χ2n) is 5.88. The van der Waals surface area contributed by atoms with Gasteiger partial charge >= 0.3 is 0 Å². The Bertz CT molecular complexity index is 626. The SMILES string of the molecule is CC(C)(NCCS(=O)(=O)c1cccc(C#N)c1)C1CC1. The Morgan fingerprint density at radius 2 is 2.10 bits per heavy atom. The Balaban J connectivity index is 1.98. The summed E-state index contributed by atoms with van der Waals surface area (Å²) in [5, 5.41) is 12.2. The summed E-state index contributed by atoms with van der Waals surface area (Å²) < 4.78 is 24.4. The van der Waals surface area contributed by atoms with Gasteiger partial charge in [0.05, 0.1) is 22.3 Å². The number of hydrogen-bond donors (Lipinski definition) is 1. The van der Waals surface area contributed by atoms with Crippen LogP contribution in [0.5, 0.6) is 0 Å². The summed E-state index contributed by atoms with van der Waals surface area (Å²) in [7, 11) is -3.33. The molecule has 0 aliphatic heterocycles. The van der Waals surface area contributed by atoms with Crippen molar-refractivity contribution in [2.45, 2.75) is 37.1 Å². The van der Waals surface area contributed by atoms with Crippen molar-refractivity contribution in [3.05, 3.63) is 29.8 Å². The fraction of sp³-hybridized carbons (Fsp3) is 0.533. The first kappa shape index (κ1) is 15.0. The van der Waals surface area contributed by atoms with Crippen LogP contribution >= 0.6 is 0 Å². The third-order valence-corrected chi connectivity index (χ3v) is 5.59. The van der Waals surface area contributed by atoms with Crippen molar-refractivity contribution in [2.24, 2.45) is 5.92 Å². The van der Waals surface area contributed by atoms with Crippen LogP contribution < -0.4 is 5.32 Å². The second-order valence-corrected chi connectivity index (χ2v) is 7.99. The first-order chi connectivity index (χ1) is 9.35. The van der Waals surface area contributed by atoms with Gasteiger partial charge in [-0.1, -0.05) is 6.07 Å². The van der Waals surface area contributed by atoms with Gasteiger partial charge in [0.25, 0.3) is 0 Å². The maximum atomic E-state index is 12.2. The normalized spacial score (nSPS) is 15.8. The van der Waals surface area contributed by atoms with Gasteiger partial charge in [-0.25, -0.2) is 8.42 Å². The molecule has 1 aromatic rings. The zero-order valence-electron chi connectivity index (χ0n) is 11.9. The third kappa shape index (κ3) is 3.59. The molecule has 1 aliphatic carbocycles. The molecule has 108 valence electrons. The molecule has 1 fully saturated rings. The minimum Gasteiger partial charge on any atom is -0.310 e. The smallest absolute Gasteiger partial charge is 0.179 e. The third-order valence-electron chi connectivity index (χ3n) is 3.87. The van der Waals surface area contributed by atoms with Crippen molar-refractivity contribution < 1.29 is 8.42 Å². The molecule has 1 aliphatic rings. The molecule has 0 spiro atoms. The molecule has 0 heterocycles. The Hall–Kier alpha value is -1.38. The van der Waals surface area contributed by atoms with Crippen LogP contribution in [0.2, 0.25) is 0 Å². The molecule has 0 unspecified atom stereocenters. The van der Waals surface area contributed by atoms with Gasteiger partial charge in [-0.15, -0.1) is 0 Å². The van der Waals surface area contributed by atoms with E-state index in [2.05, 4.69) is 19.2 Å². The fourth-order valence-corrected chi connectivity index (χ4v) is 3.53. The molecule has 20 heavy (non-hydrogen) atoms. The van der Waals surface area contributed by atoms with Crippen molar-refractivity contribution >= 4 is 9.84 Å². The molecular weight excluding hydrogens is 272 g/mol. The number of rotatable bonds is 6. The number of nitriles is 1. The molecule has 0 bridgehead atoms. The zero-order valence-corrected chi connectivity index (χ0v) is 12.7. The van der Waals surface area contributed by atoms with Crippen LogP contribution in [0.15, 0.2) is 29.2 Å². The Morgan fingerprint density at radius 1 is 1.40 bits per heavy atom. The van der Waals surface area contributed by atoms with Gasteiger partial charge in [-0.05, 0) is 50.8 Å². The lowest BCUT2D eigenvalue weighted by Crippen LogP contribution is -2.43. The largest absolute Gasteiger partial charge is 0.310 e. The van der Waals surface area contributed by atoms with Gasteiger partial charge in [0, 0.05) is 12.1 Å². The van der Waals surface area contributed by atoms with Gasteiger partial charge in [0.1, 0.15) is 0 Å². The van der Waals surface area contributed by atoms with Crippen LogP contribution in [0.3, 0.4) is 0 Å². The van der Waals surface area contributed by atoms with Crippen molar-refractivity contribution in [1.29, 1.82) is 5.26 Å². The van der Waals surface area contributed by atoms with Gasteiger partial charge < -0.3 is 5.32 Å². The van der Waals surface area contributed by atoms with Crippen LogP contribution in [0.4, 0.5) is 0 Å². The maximum absolute atomic E-state index is 12.2. The maximum Gasteiger partial charge on any atom is 0.179 e. The van der Waals surface area contributed by atoms with Crippen LogP contribution in [0.25, 0.3) is 0 Å². The van der Waals surface area contributed by atoms with Gasteiger partial charge in [-0.3, -0.25) is 0 Å². The number of nitrogens with zero attached hydrogens (tertiary/aromatic N) is 1. The van der Waals surface area contributed by atoms with Crippen LogP contribution in [0.1, 0.15) is 32.3 Å². The molecule has 1 saturated carbocycles. The van der Waals surface area contributed by atoms with E-state index >= 15 is 0 Å². The molecule has 0 amide bonds. The molecule has 5 heteroatoms. The summed E-state index contributed by atoms with van der Waals surface area (Å²) in [6.07, 6.45) is 2.44. The van der Waals surface area contributed by atoms with E-state index in [1.807, 2.05) is 6.07 Å². The Labute approximate surface area is 120 Å². The van der Waals surface area contributed by atoms with Crippen molar-refractivity contribution in [1.82, 2.24) is 5.32 Å². The van der Waals surface area contributed by atoms with E-state index in [-0.39, 0.29) is 16.2 Å². The number of hydrogen-bond acceptors (Lipinski definition) is 4. The molecule has 0 saturated heterocycles. The molecule has 1 N–H and O–H groups in total. The second kappa shape index (κ2) is 5.55. The van der Waals surface area contributed by atoms with Crippen molar-refractivity contribution in [3.63, 3.8) is 0 Å². The minimum absolute atomic E-state index is 0.00399. The molecular formula is C15H20N2O2S. The van der Waals surface area contributed by atoms with E-state index in [0.717, 1.165) is 0 Å². The highest BCUT2D eigenvalue weighted by Crippen LogP contribution is 2.39. The average molecular weight is 292 g/mol. The number of nitrogens with one attached hydrogen (secondary N) is 1. The van der Waals surface area contributed by atoms with E-state index in [1.165, 1.54) is 18.9 Å². The summed E-state index contributed by atoms with van der Waals surface area (Å²) in [6, 6.07) is 8.15. The summed E-state index contributed by atoms with van der Waals surface area (Å²) in [6.45, 7) is 4.67. The van der Waals surface area contributed by atoms with E-state index in [4.69, 9.17) is 5.26 Å². The first-order valence-corrected chi connectivity index (χ1v) is 8.48. The van der Waals surface area contributed by atoms with Crippen LogP contribution in [0, 0.1) is 17.2 Å². The molecule has 0 radical (unpaired) electrons. The summed E-state index contributed by atoms with van der Waals surface area (Å²) in [5.74, 6) is 0.713. The topological polar surface area (TPSA) is 70.0 Å². The predicted octanol–water partition coefficient (Wildman–Crippen LogP) is 2.11. The van der Waals surface area contributed by atoms with Crippen LogP contribution in [-0.2, 0) is 9.84 Å². The highest BCUT2D eigenvalue weighted by Gasteiger charge is 2.37. The summed E-state index contributed by atoms with van der Waals surface area (Å²) in [4.78, 5) is 0.225. The fourth-order valence-electron chi connectivity index (χ4n) is 2.33. The van der Waals surface area contributed by atoms with E-state index < -0.39 is 9.84 Å². The average Bonchev–Trinajstić information content (AvgIpc) is 3.23. The standard InChI is InChI=1S/C15H20N2O2S/c1-15(2,13-6-7-13)17-8-9-20(18,19)14-5-3-4-12(10-14)11-16/h3-5,10,13,17H,6-9H2,1-2H3. The highest BCUT2D eigenvalue weighted by atomic mass is 32.2. The Kier molecular flexibility index (Phi) is 4.17. The number of sulfone groups is 1. The zero-order chi connectivity index (χ0) is 14.8. The van der Waals surface area contributed by atoms with Crippen molar-refractivity contribution in [3.8, 4) is 6.07 Å². The molecule has 0 atom stereocenters.